The first-order chi connectivity index (χ1) is 12.1. The standard InChI is InChI=1S/C19H21F2N3O/c20-16-4-1-14(2-5-16)15-3-6-17(18(21)13-15)19(25)23-9-12-24-10-7-22-8-11-24/h1-6,13,22H,7-12H2,(H,23,25). The summed E-state index contributed by atoms with van der Waals surface area (Å²) in [6, 6.07) is 10.2. The van der Waals surface area contributed by atoms with E-state index in [-0.39, 0.29) is 11.4 Å². The lowest BCUT2D eigenvalue weighted by molar-refractivity contribution is 0.0943. The van der Waals surface area contributed by atoms with Gasteiger partial charge in [-0.3, -0.25) is 9.69 Å². The Morgan fingerprint density at radius 2 is 1.72 bits per heavy atom. The van der Waals surface area contributed by atoms with E-state index in [9.17, 15) is 13.6 Å². The summed E-state index contributed by atoms with van der Waals surface area (Å²) < 4.78 is 27.3. The van der Waals surface area contributed by atoms with Gasteiger partial charge in [-0.2, -0.15) is 0 Å². The van der Waals surface area contributed by atoms with Crippen LogP contribution in [0.25, 0.3) is 11.1 Å². The number of amides is 1. The van der Waals surface area contributed by atoms with E-state index in [0.717, 1.165) is 32.7 Å². The van der Waals surface area contributed by atoms with Crippen molar-refractivity contribution < 1.29 is 13.6 Å². The van der Waals surface area contributed by atoms with Crippen LogP contribution in [0.2, 0.25) is 0 Å². The summed E-state index contributed by atoms with van der Waals surface area (Å²) in [5, 5.41) is 6.03. The number of halogens is 2. The van der Waals surface area contributed by atoms with Crippen LogP contribution in [0, 0.1) is 11.6 Å². The van der Waals surface area contributed by atoms with Gasteiger partial charge in [0.25, 0.3) is 5.91 Å². The zero-order valence-electron chi connectivity index (χ0n) is 13.9. The molecule has 1 aliphatic rings. The molecule has 2 N–H and O–H groups in total. The van der Waals surface area contributed by atoms with Crippen LogP contribution in [-0.2, 0) is 0 Å². The fourth-order valence-electron chi connectivity index (χ4n) is 2.88. The third-order valence-corrected chi connectivity index (χ3v) is 4.31. The molecule has 3 rings (SSSR count). The molecule has 4 nitrogen and oxygen atoms in total. The monoisotopic (exact) mass is 345 g/mol. The SMILES string of the molecule is O=C(NCCN1CCNCC1)c1ccc(-c2ccc(F)cc2)cc1F. The molecule has 2 aromatic carbocycles. The Morgan fingerprint density at radius 3 is 2.40 bits per heavy atom. The molecule has 0 spiro atoms. The van der Waals surface area contributed by atoms with Crippen molar-refractivity contribution in [3.8, 4) is 11.1 Å². The molecule has 1 amide bonds. The number of piperazine rings is 1. The maximum Gasteiger partial charge on any atom is 0.254 e. The smallest absolute Gasteiger partial charge is 0.254 e. The van der Waals surface area contributed by atoms with Crippen molar-refractivity contribution in [3.05, 3.63) is 59.7 Å². The molecule has 0 bridgehead atoms. The Bertz CT molecular complexity index is 728. The molecule has 0 atom stereocenters. The molecule has 0 aliphatic carbocycles. The Morgan fingerprint density at radius 1 is 1.04 bits per heavy atom. The molecule has 1 saturated heterocycles. The van der Waals surface area contributed by atoms with Crippen molar-refractivity contribution in [1.82, 2.24) is 15.5 Å². The molecule has 132 valence electrons. The number of carbonyl (C=O) groups is 1. The minimum Gasteiger partial charge on any atom is -0.351 e. The van der Waals surface area contributed by atoms with E-state index in [2.05, 4.69) is 15.5 Å². The number of nitrogens with zero attached hydrogens (tertiary/aromatic N) is 1. The van der Waals surface area contributed by atoms with Gasteiger partial charge in [-0.25, -0.2) is 8.78 Å². The number of carbonyl (C=O) groups excluding carboxylic acids is 1. The highest BCUT2D eigenvalue weighted by Gasteiger charge is 2.14. The summed E-state index contributed by atoms with van der Waals surface area (Å²) in [4.78, 5) is 14.4. The molecule has 25 heavy (non-hydrogen) atoms. The van der Waals surface area contributed by atoms with Crippen LogP contribution in [0.4, 0.5) is 8.78 Å². The zero-order chi connectivity index (χ0) is 17.6. The van der Waals surface area contributed by atoms with Crippen LogP contribution in [0.1, 0.15) is 10.4 Å². The van der Waals surface area contributed by atoms with Crippen LogP contribution in [-0.4, -0.2) is 50.1 Å². The van der Waals surface area contributed by atoms with Crippen LogP contribution < -0.4 is 10.6 Å². The van der Waals surface area contributed by atoms with Crippen LogP contribution in [0.15, 0.2) is 42.5 Å². The maximum absolute atomic E-state index is 14.3. The maximum atomic E-state index is 14.3. The average molecular weight is 345 g/mol. The van der Waals surface area contributed by atoms with E-state index in [0.29, 0.717) is 17.7 Å². The number of benzene rings is 2. The second-order valence-corrected chi connectivity index (χ2v) is 6.05. The fourth-order valence-corrected chi connectivity index (χ4v) is 2.88. The molecule has 0 aromatic heterocycles. The molecule has 0 unspecified atom stereocenters. The van der Waals surface area contributed by atoms with Gasteiger partial charge >= 0.3 is 0 Å². The van der Waals surface area contributed by atoms with Crippen LogP contribution in [0.3, 0.4) is 0 Å². The number of nitrogens with one attached hydrogen (secondary N) is 2. The third-order valence-electron chi connectivity index (χ3n) is 4.31. The Hall–Kier alpha value is -2.31. The third kappa shape index (κ3) is 4.61. The predicted molar refractivity (Wildman–Crippen MR) is 93.4 cm³/mol. The minimum atomic E-state index is -0.582. The summed E-state index contributed by atoms with van der Waals surface area (Å²) in [5.74, 6) is -1.34. The summed E-state index contributed by atoms with van der Waals surface area (Å²) in [6.45, 7) is 5.05. The first-order valence-electron chi connectivity index (χ1n) is 8.40. The summed E-state index contributed by atoms with van der Waals surface area (Å²) in [5.41, 5.74) is 1.33. The average Bonchev–Trinajstić information content (AvgIpc) is 2.63. The second kappa shape index (κ2) is 8.18. The quantitative estimate of drug-likeness (QED) is 0.874. The molecule has 1 heterocycles. The van der Waals surface area contributed by atoms with E-state index < -0.39 is 11.7 Å². The molecule has 0 saturated carbocycles. The van der Waals surface area contributed by atoms with Crippen molar-refractivity contribution in [2.45, 2.75) is 0 Å². The number of rotatable bonds is 5. The van der Waals surface area contributed by atoms with Crippen molar-refractivity contribution in [1.29, 1.82) is 0 Å². The van der Waals surface area contributed by atoms with E-state index in [1.54, 1.807) is 18.2 Å². The van der Waals surface area contributed by atoms with Gasteiger partial charge in [-0.15, -0.1) is 0 Å². The van der Waals surface area contributed by atoms with E-state index >= 15 is 0 Å². The molecular weight excluding hydrogens is 324 g/mol. The van der Waals surface area contributed by atoms with Gasteiger partial charge in [-0.1, -0.05) is 18.2 Å². The molecular formula is C19H21F2N3O. The molecule has 1 fully saturated rings. The Kier molecular flexibility index (Phi) is 5.73. The van der Waals surface area contributed by atoms with E-state index in [4.69, 9.17) is 0 Å². The van der Waals surface area contributed by atoms with Gasteiger partial charge in [0.05, 0.1) is 5.56 Å². The first kappa shape index (κ1) is 17.5. The summed E-state index contributed by atoms with van der Waals surface area (Å²) in [7, 11) is 0. The molecule has 2 aromatic rings. The fraction of sp³-hybridized carbons (Fsp3) is 0.316. The van der Waals surface area contributed by atoms with E-state index in [1.807, 2.05) is 0 Å². The Labute approximate surface area is 145 Å². The molecule has 0 radical (unpaired) electrons. The van der Waals surface area contributed by atoms with Gasteiger partial charge in [0.15, 0.2) is 0 Å². The molecule has 6 heteroatoms. The highest BCUT2D eigenvalue weighted by Crippen LogP contribution is 2.22. The topological polar surface area (TPSA) is 44.4 Å². The van der Waals surface area contributed by atoms with Crippen LogP contribution >= 0.6 is 0 Å². The predicted octanol–water partition coefficient (Wildman–Crippen LogP) is 2.27. The highest BCUT2D eigenvalue weighted by molar-refractivity contribution is 5.95. The zero-order valence-corrected chi connectivity index (χ0v) is 13.9. The van der Waals surface area contributed by atoms with Gasteiger partial charge in [0, 0.05) is 39.3 Å². The van der Waals surface area contributed by atoms with Crippen LogP contribution in [0.5, 0.6) is 0 Å². The number of hydrogen-bond acceptors (Lipinski definition) is 3. The van der Waals surface area contributed by atoms with Gasteiger partial charge < -0.3 is 10.6 Å². The van der Waals surface area contributed by atoms with Gasteiger partial charge in [0.1, 0.15) is 11.6 Å². The summed E-state index contributed by atoms with van der Waals surface area (Å²) >= 11 is 0. The normalized spacial score (nSPS) is 15.1. The van der Waals surface area contributed by atoms with Crippen molar-refractivity contribution >= 4 is 5.91 Å². The van der Waals surface area contributed by atoms with Gasteiger partial charge in [0.2, 0.25) is 0 Å². The second-order valence-electron chi connectivity index (χ2n) is 6.05. The van der Waals surface area contributed by atoms with Crippen molar-refractivity contribution in [2.75, 3.05) is 39.3 Å². The van der Waals surface area contributed by atoms with Crippen molar-refractivity contribution in [3.63, 3.8) is 0 Å². The number of hydrogen-bond donors (Lipinski definition) is 2. The first-order valence-corrected chi connectivity index (χ1v) is 8.40. The minimum absolute atomic E-state index is 0.0196. The van der Waals surface area contributed by atoms with Crippen molar-refractivity contribution in [2.24, 2.45) is 0 Å². The molecule has 1 aliphatic heterocycles. The largest absolute Gasteiger partial charge is 0.351 e. The van der Waals surface area contributed by atoms with E-state index in [1.165, 1.54) is 24.3 Å². The lowest BCUT2D eigenvalue weighted by Crippen LogP contribution is -2.46. The lowest BCUT2D eigenvalue weighted by Gasteiger charge is -2.27. The van der Waals surface area contributed by atoms with Gasteiger partial charge in [-0.05, 0) is 35.4 Å². The summed E-state index contributed by atoms with van der Waals surface area (Å²) in [6.07, 6.45) is 0. The Balaban J connectivity index is 1.59. The lowest BCUT2D eigenvalue weighted by atomic mass is 10.0. The highest BCUT2D eigenvalue weighted by atomic mass is 19.1.